The first-order chi connectivity index (χ1) is 6.72. The summed E-state index contributed by atoms with van der Waals surface area (Å²) in [6.45, 7) is 11.0. The second-order valence-electron chi connectivity index (χ2n) is 2.62. The lowest BCUT2D eigenvalue weighted by Crippen LogP contribution is -2.02. The van der Waals surface area contributed by atoms with Gasteiger partial charge in [-0.25, -0.2) is 9.64 Å². The highest BCUT2D eigenvalue weighted by Gasteiger charge is 2.16. The Morgan fingerprint density at radius 2 is 2.36 bits per heavy atom. The van der Waals surface area contributed by atoms with Crippen LogP contribution in [-0.2, 0) is 11.2 Å². The van der Waals surface area contributed by atoms with Crippen molar-refractivity contribution in [2.24, 2.45) is 0 Å². The first-order valence-electron chi connectivity index (χ1n) is 4.40. The lowest BCUT2D eigenvalue weighted by Gasteiger charge is -1.98. The molecule has 0 aliphatic heterocycles. The van der Waals surface area contributed by atoms with Crippen LogP contribution >= 0.6 is 11.3 Å². The highest BCUT2D eigenvalue weighted by atomic mass is 32.1. The van der Waals surface area contributed by atoms with Crippen LogP contribution in [0.1, 0.15) is 29.1 Å². The van der Waals surface area contributed by atoms with Gasteiger partial charge in [0.05, 0.1) is 18.7 Å². The second kappa shape index (κ2) is 4.77. The molecule has 0 aliphatic carbocycles. The Labute approximate surface area is 87.1 Å². The zero-order valence-electron chi connectivity index (χ0n) is 8.16. The van der Waals surface area contributed by atoms with E-state index in [0.717, 1.165) is 11.3 Å². The Morgan fingerprint density at radius 3 is 2.86 bits per heavy atom. The Kier molecular flexibility index (Phi) is 3.66. The summed E-state index contributed by atoms with van der Waals surface area (Å²) < 4.78 is 4.85. The minimum absolute atomic E-state index is 0.341. The van der Waals surface area contributed by atoms with Crippen LogP contribution in [0.4, 0.5) is 5.00 Å². The van der Waals surface area contributed by atoms with E-state index in [2.05, 4.69) is 4.85 Å². The molecule has 0 amide bonds. The van der Waals surface area contributed by atoms with Crippen LogP contribution in [0.25, 0.3) is 4.85 Å². The van der Waals surface area contributed by atoms with Gasteiger partial charge in [-0.05, 0) is 24.3 Å². The van der Waals surface area contributed by atoms with E-state index in [-0.39, 0.29) is 0 Å². The molecular weight excluding hydrogens is 198 g/mol. The summed E-state index contributed by atoms with van der Waals surface area (Å²) in [4.78, 5) is 15.7. The monoisotopic (exact) mass is 209 g/mol. The molecule has 0 bridgehead atoms. The van der Waals surface area contributed by atoms with Crippen molar-refractivity contribution in [3.63, 3.8) is 0 Å². The minimum atomic E-state index is -0.394. The van der Waals surface area contributed by atoms with Crippen LogP contribution in [0.3, 0.4) is 0 Å². The maximum absolute atomic E-state index is 11.4. The summed E-state index contributed by atoms with van der Waals surface area (Å²) >= 11 is 1.36. The van der Waals surface area contributed by atoms with Gasteiger partial charge in [0.1, 0.15) is 0 Å². The molecule has 0 fully saturated rings. The molecule has 1 heterocycles. The second-order valence-corrected chi connectivity index (χ2v) is 3.73. The summed E-state index contributed by atoms with van der Waals surface area (Å²) in [5, 5.41) is 0.431. The number of esters is 1. The molecule has 0 spiro atoms. The maximum atomic E-state index is 11.4. The van der Waals surface area contributed by atoms with Crippen molar-refractivity contribution in [1.29, 1.82) is 0 Å². The van der Waals surface area contributed by atoms with E-state index in [1.807, 2.05) is 6.92 Å². The van der Waals surface area contributed by atoms with Crippen LogP contribution in [0.5, 0.6) is 0 Å². The number of hydrogen-bond acceptors (Lipinski definition) is 3. The molecule has 14 heavy (non-hydrogen) atoms. The van der Waals surface area contributed by atoms with E-state index in [4.69, 9.17) is 11.3 Å². The number of thiophene rings is 1. The van der Waals surface area contributed by atoms with E-state index in [9.17, 15) is 4.79 Å². The van der Waals surface area contributed by atoms with Crippen LogP contribution in [0.15, 0.2) is 6.07 Å². The van der Waals surface area contributed by atoms with Crippen molar-refractivity contribution >= 4 is 22.3 Å². The number of rotatable bonds is 3. The van der Waals surface area contributed by atoms with Crippen LogP contribution < -0.4 is 0 Å². The summed E-state index contributed by atoms with van der Waals surface area (Å²) in [6, 6.07) is 1.75. The van der Waals surface area contributed by atoms with Crippen LogP contribution in [0.2, 0.25) is 0 Å². The molecule has 0 aliphatic rings. The summed E-state index contributed by atoms with van der Waals surface area (Å²) in [5.74, 6) is -0.394. The van der Waals surface area contributed by atoms with Gasteiger partial charge < -0.3 is 4.74 Å². The Balaban J connectivity index is 3.01. The van der Waals surface area contributed by atoms with E-state index in [1.165, 1.54) is 11.3 Å². The van der Waals surface area contributed by atoms with Crippen molar-refractivity contribution in [2.45, 2.75) is 20.3 Å². The first kappa shape index (κ1) is 10.7. The predicted molar refractivity (Wildman–Crippen MR) is 55.9 cm³/mol. The fraction of sp³-hybridized carbons (Fsp3) is 0.400. The zero-order chi connectivity index (χ0) is 10.6. The molecule has 0 atom stereocenters. The summed E-state index contributed by atoms with van der Waals surface area (Å²) in [6.07, 6.45) is 0.840. The number of hydrogen-bond donors (Lipinski definition) is 0. The molecule has 74 valence electrons. The molecule has 1 rings (SSSR count). The van der Waals surface area contributed by atoms with Crippen molar-refractivity contribution in [2.75, 3.05) is 6.61 Å². The average Bonchev–Trinajstić information content (AvgIpc) is 2.61. The van der Waals surface area contributed by atoms with Crippen molar-refractivity contribution in [3.05, 3.63) is 27.9 Å². The maximum Gasteiger partial charge on any atom is 0.328 e. The van der Waals surface area contributed by atoms with Gasteiger partial charge in [0.25, 0.3) is 5.00 Å². The number of nitrogens with zero attached hydrogens (tertiary/aromatic N) is 1. The van der Waals surface area contributed by atoms with Crippen LogP contribution in [-0.4, -0.2) is 12.6 Å². The lowest BCUT2D eigenvalue weighted by atomic mass is 10.2. The number of carbonyl (C=O) groups is 1. The van der Waals surface area contributed by atoms with Gasteiger partial charge in [0.15, 0.2) is 0 Å². The van der Waals surface area contributed by atoms with Gasteiger partial charge in [0.2, 0.25) is 0 Å². The summed E-state index contributed by atoms with van der Waals surface area (Å²) in [5.41, 5.74) is 0.406. The highest BCUT2D eigenvalue weighted by molar-refractivity contribution is 7.16. The molecular formula is C10H11NO2S. The topological polar surface area (TPSA) is 30.7 Å². The van der Waals surface area contributed by atoms with E-state index < -0.39 is 5.97 Å². The molecule has 0 saturated carbocycles. The third-order valence-corrected chi connectivity index (χ3v) is 2.88. The van der Waals surface area contributed by atoms with Gasteiger partial charge in [-0.3, -0.25) is 0 Å². The zero-order valence-corrected chi connectivity index (χ0v) is 8.98. The highest BCUT2D eigenvalue weighted by Crippen LogP contribution is 2.31. The normalized spacial score (nSPS) is 9.50. The molecule has 0 saturated heterocycles. The standard InChI is InChI=1S/C10H11NO2S/c1-4-7-6-8(9(11-3)14-7)10(12)13-5-2/h6H,4-5H2,1-2H3. The lowest BCUT2D eigenvalue weighted by molar-refractivity contribution is 0.0528. The van der Waals surface area contributed by atoms with Gasteiger partial charge >= 0.3 is 5.97 Å². The number of ether oxygens (including phenoxy) is 1. The summed E-state index contributed by atoms with van der Waals surface area (Å²) in [7, 11) is 0. The third kappa shape index (κ3) is 2.12. The van der Waals surface area contributed by atoms with Crippen LogP contribution in [0, 0.1) is 6.57 Å². The molecule has 4 heteroatoms. The average molecular weight is 209 g/mol. The van der Waals surface area contributed by atoms with Crippen molar-refractivity contribution in [1.82, 2.24) is 0 Å². The van der Waals surface area contributed by atoms with E-state index in [0.29, 0.717) is 17.2 Å². The molecule has 1 aromatic rings. The fourth-order valence-electron chi connectivity index (χ4n) is 1.04. The van der Waals surface area contributed by atoms with Gasteiger partial charge in [-0.1, -0.05) is 6.92 Å². The molecule has 0 unspecified atom stereocenters. The smallest absolute Gasteiger partial charge is 0.328 e. The molecule has 0 aromatic carbocycles. The third-order valence-electron chi connectivity index (χ3n) is 1.71. The number of aryl methyl sites for hydroxylation is 1. The molecule has 3 nitrogen and oxygen atoms in total. The SMILES string of the molecule is [C-]#[N+]c1sc(CC)cc1C(=O)OCC. The number of carbonyl (C=O) groups excluding carboxylic acids is 1. The molecule has 0 radical (unpaired) electrons. The quantitative estimate of drug-likeness (QED) is 0.566. The molecule has 0 N–H and O–H groups in total. The van der Waals surface area contributed by atoms with Gasteiger partial charge in [0, 0.05) is 0 Å². The van der Waals surface area contributed by atoms with E-state index >= 15 is 0 Å². The fourth-order valence-corrected chi connectivity index (χ4v) is 1.91. The Morgan fingerprint density at radius 1 is 1.64 bits per heavy atom. The van der Waals surface area contributed by atoms with Gasteiger partial charge in [-0.2, -0.15) is 11.3 Å². The van der Waals surface area contributed by atoms with Crippen molar-refractivity contribution in [3.8, 4) is 0 Å². The first-order valence-corrected chi connectivity index (χ1v) is 5.21. The van der Waals surface area contributed by atoms with E-state index in [1.54, 1.807) is 13.0 Å². The Bertz CT molecular complexity index is 376. The van der Waals surface area contributed by atoms with Crippen molar-refractivity contribution < 1.29 is 9.53 Å². The van der Waals surface area contributed by atoms with Gasteiger partial charge in [-0.15, -0.1) is 0 Å². The Hall–Kier alpha value is -1.34. The largest absolute Gasteiger partial charge is 0.463 e. The predicted octanol–water partition coefficient (Wildman–Crippen LogP) is 3.04. The molecule has 1 aromatic heterocycles. The minimum Gasteiger partial charge on any atom is -0.463 e.